The second-order valence-electron chi connectivity index (χ2n) is 4.49. The monoisotopic (exact) mass is 270 g/mol. The number of hydrogen-bond acceptors (Lipinski definition) is 4. The Bertz CT molecular complexity index is 612. The normalized spacial score (nSPS) is 10.1. The number of para-hydroxylation sites is 2. The van der Waals surface area contributed by atoms with E-state index < -0.39 is 0 Å². The Kier molecular flexibility index (Phi) is 4.20. The van der Waals surface area contributed by atoms with E-state index in [1.165, 1.54) is 0 Å². The minimum Gasteiger partial charge on any atom is -0.495 e. The average Bonchev–Trinajstić information content (AvgIpc) is 2.47. The summed E-state index contributed by atoms with van der Waals surface area (Å²) in [6, 6.07) is 11.6. The highest BCUT2D eigenvalue weighted by Crippen LogP contribution is 2.27. The molecule has 0 amide bonds. The van der Waals surface area contributed by atoms with Gasteiger partial charge < -0.3 is 15.4 Å². The third-order valence-corrected chi connectivity index (χ3v) is 3.02. The Balaban J connectivity index is 2.21. The first-order valence-corrected chi connectivity index (χ1v) is 6.25. The number of ether oxygens (including phenoxy) is 1. The summed E-state index contributed by atoms with van der Waals surface area (Å²) < 4.78 is 5.36. The summed E-state index contributed by atoms with van der Waals surface area (Å²) >= 11 is 0. The van der Waals surface area contributed by atoms with Gasteiger partial charge >= 0.3 is 0 Å². The number of nitrogens with two attached hydrogens (primary N) is 1. The predicted molar refractivity (Wildman–Crippen MR) is 80.4 cm³/mol. The zero-order valence-electron chi connectivity index (χ0n) is 11.6. The van der Waals surface area contributed by atoms with Gasteiger partial charge in [-0.25, -0.2) is 0 Å². The number of hydrogen-bond donors (Lipinski definition) is 2. The summed E-state index contributed by atoms with van der Waals surface area (Å²) in [5.41, 5.74) is 8.00. The number of pyridine rings is 1. The highest BCUT2D eigenvalue weighted by Gasteiger charge is 2.08. The van der Waals surface area contributed by atoms with Gasteiger partial charge in [-0.05, 0) is 29.8 Å². The van der Waals surface area contributed by atoms with Gasteiger partial charge in [-0.2, -0.15) is 0 Å². The highest BCUT2D eigenvalue weighted by molar-refractivity contribution is 5.93. The number of nitrogen functional groups attached to an aromatic ring is 1. The lowest BCUT2D eigenvalue weighted by Crippen LogP contribution is -2.18. The maximum atomic E-state index is 7.42. The summed E-state index contributed by atoms with van der Waals surface area (Å²) in [6.45, 7) is 0.684. The second-order valence-corrected chi connectivity index (χ2v) is 4.49. The molecule has 0 aliphatic heterocycles. The van der Waals surface area contributed by atoms with Crippen LogP contribution in [0.1, 0.15) is 11.3 Å². The molecular weight excluding hydrogens is 252 g/mol. The number of aromatic nitrogens is 1. The van der Waals surface area contributed by atoms with Gasteiger partial charge in [-0.15, -0.1) is 0 Å². The molecule has 0 fully saturated rings. The number of anilines is 1. The summed E-state index contributed by atoms with van der Waals surface area (Å²) in [7, 11) is 3.65. The van der Waals surface area contributed by atoms with Gasteiger partial charge in [0.05, 0.1) is 12.8 Å². The van der Waals surface area contributed by atoms with Crippen LogP contribution in [0.25, 0.3) is 0 Å². The summed E-state index contributed by atoms with van der Waals surface area (Å²) in [5.74, 6) is 0.808. The zero-order valence-corrected chi connectivity index (χ0v) is 11.6. The molecule has 0 atom stereocenters. The molecule has 2 aromatic rings. The van der Waals surface area contributed by atoms with E-state index in [4.69, 9.17) is 15.9 Å². The maximum absolute atomic E-state index is 7.42. The Labute approximate surface area is 118 Å². The molecule has 0 spiro atoms. The van der Waals surface area contributed by atoms with Crippen LogP contribution in [0.4, 0.5) is 5.69 Å². The Morgan fingerprint density at radius 3 is 2.80 bits per heavy atom. The smallest absolute Gasteiger partial charge is 0.142 e. The van der Waals surface area contributed by atoms with Crippen LogP contribution in [0.2, 0.25) is 0 Å². The maximum Gasteiger partial charge on any atom is 0.142 e. The van der Waals surface area contributed by atoms with Crippen LogP contribution in [0.15, 0.2) is 42.6 Å². The predicted octanol–water partition coefficient (Wildman–Crippen LogP) is 2.01. The lowest BCUT2D eigenvalue weighted by Gasteiger charge is -2.21. The van der Waals surface area contributed by atoms with E-state index in [0.717, 1.165) is 17.0 Å². The fourth-order valence-electron chi connectivity index (χ4n) is 2.02. The fourth-order valence-corrected chi connectivity index (χ4v) is 2.02. The van der Waals surface area contributed by atoms with Gasteiger partial charge in [0, 0.05) is 19.8 Å². The zero-order chi connectivity index (χ0) is 14.5. The molecular formula is C15H18N4O. The molecule has 0 saturated heterocycles. The van der Waals surface area contributed by atoms with Gasteiger partial charge in [0.1, 0.15) is 17.3 Å². The van der Waals surface area contributed by atoms with Crippen molar-refractivity contribution >= 4 is 11.5 Å². The van der Waals surface area contributed by atoms with Crippen LogP contribution >= 0.6 is 0 Å². The van der Waals surface area contributed by atoms with Crippen LogP contribution in [-0.2, 0) is 6.54 Å². The SMILES string of the molecule is COc1ccccc1N(C)Cc1ccnc(C(=N)N)c1. The van der Waals surface area contributed by atoms with E-state index in [-0.39, 0.29) is 5.84 Å². The third-order valence-electron chi connectivity index (χ3n) is 3.02. The summed E-state index contributed by atoms with van der Waals surface area (Å²) in [6.07, 6.45) is 1.67. The Morgan fingerprint density at radius 2 is 2.10 bits per heavy atom. The molecule has 1 aromatic heterocycles. The first-order chi connectivity index (χ1) is 9.61. The van der Waals surface area contributed by atoms with Crippen molar-refractivity contribution in [3.63, 3.8) is 0 Å². The molecule has 0 aliphatic rings. The van der Waals surface area contributed by atoms with Crippen molar-refractivity contribution in [1.82, 2.24) is 4.98 Å². The molecule has 1 aromatic carbocycles. The molecule has 20 heavy (non-hydrogen) atoms. The topological polar surface area (TPSA) is 75.2 Å². The minimum atomic E-state index is -0.0215. The van der Waals surface area contributed by atoms with E-state index in [0.29, 0.717) is 12.2 Å². The molecule has 0 bridgehead atoms. The van der Waals surface area contributed by atoms with Crippen molar-refractivity contribution < 1.29 is 4.74 Å². The molecule has 0 unspecified atom stereocenters. The Hall–Kier alpha value is -2.56. The Morgan fingerprint density at radius 1 is 1.35 bits per heavy atom. The van der Waals surface area contributed by atoms with Crippen LogP contribution in [-0.4, -0.2) is 25.0 Å². The first kappa shape index (κ1) is 13.9. The third kappa shape index (κ3) is 3.06. The molecule has 3 N–H and O–H groups in total. The van der Waals surface area contributed by atoms with Crippen LogP contribution in [0.5, 0.6) is 5.75 Å². The van der Waals surface area contributed by atoms with Gasteiger partial charge in [0.25, 0.3) is 0 Å². The van der Waals surface area contributed by atoms with Gasteiger partial charge in [0.15, 0.2) is 0 Å². The van der Waals surface area contributed by atoms with E-state index in [1.807, 2.05) is 43.4 Å². The van der Waals surface area contributed by atoms with Crippen molar-refractivity contribution in [3.05, 3.63) is 53.9 Å². The molecule has 0 radical (unpaired) electrons. The lowest BCUT2D eigenvalue weighted by molar-refractivity contribution is 0.415. The van der Waals surface area contributed by atoms with Crippen molar-refractivity contribution in [2.24, 2.45) is 5.73 Å². The standard InChI is InChI=1S/C15H18N4O/c1-19(13-5-3-4-6-14(13)20-2)10-11-7-8-18-12(9-11)15(16)17/h3-9H,10H2,1-2H3,(H3,16,17). The lowest BCUT2D eigenvalue weighted by atomic mass is 10.2. The first-order valence-electron chi connectivity index (χ1n) is 6.25. The number of nitrogens with one attached hydrogen (secondary N) is 1. The molecule has 5 nitrogen and oxygen atoms in total. The van der Waals surface area contributed by atoms with Crippen molar-refractivity contribution in [2.45, 2.75) is 6.54 Å². The quantitative estimate of drug-likeness (QED) is 0.643. The van der Waals surface area contributed by atoms with Crippen LogP contribution in [0, 0.1) is 5.41 Å². The molecule has 0 saturated carbocycles. The van der Waals surface area contributed by atoms with E-state index >= 15 is 0 Å². The second kappa shape index (κ2) is 6.06. The van der Waals surface area contributed by atoms with Gasteiger partial charge in [-0.1, -0.05) is 12.1 Å². The molecule has 0 aliphatic carbocycles. The number of benzene rings is 1. The fraction of sp³-hybridized carbons (Fsp3) is 0.200. The molecule has 104 valence electrons. The van der Waals surface area contributed by atoms with Crippen molar-refractivity contribution in [3.8, 4) is 5.75 Å². The summed E-state index contributed by atoms with van der Waals surface area (Å²) in [5, 5.41) is 7.42. The largest absolute Gasteiger partial charge is 0.495 e. The van der Waals surface area contributed by atoms with Crippen molar-refractivity contribution in [1.29, 1.82) is 5.41 Å². The van der Waals surface area contributed by atoms with E-state index in [9.17, 15) is 0 Å². The van der Waals surface area contributed by atoms with E-state index in [2.05, 4.69) is 9.88 Å². The molecule has 2 rings (SSSR count). The molecule has 1 heterocycles. The highest BCUT2D eigenvalue weighted by atomic mass is 16.5. The number of amidine groups is 1. The average molecular weight is 270 g/mol. The van der Waals surface area contributed by atoms with Gasteiger partial charge in [0.2, 0.25) is 0 Å². The minimum absolute atomic E-state index is 0.0215. The summed E-state index contributed by atoms with van der Waals surface area (Å²) in [4.78, 5) is 6.14. The van der Waals surface area contributed by atoms with E-state index in [1.54, 1.807) is 13.3 Å². The number of methoxy groups -OCH3 is 1. The van der Waals surface area contributed by atoms with Crippen LogP contribution in [0.3, 0.4) is 0 Å². The van der Waals surface area contributed by atoms with Crippen molar-refractivity contribution in [2.75, 3.05) is 19.1 Å². The van der Waals surface area contributed by atoms with Crippen LogP contribution < -0.4 is 15.4 Å². The number of rotatable bonds is 5. The van der Waals surface area contributed by atoms with Gasteiger partial charge in [-0.3, -0.25) is 10.4 Å². The number of nitrogens with zero attached hydrogens (tertiary/aromatic N) is 2. The molecule has 5 heteroatoms.